The number of anilines is 1. The molecule has 0 saturated carbocycles. The van der Waals surface area contributed by atoms with Crippen molar-refractivity contribution in [3.8, 4) is 0 Å². The molecule has 2 N–H and O–H groups in total. The van der Waals surface area contributed by atoms with Crippen LogP contribution in [0, 0.1) is 0 Å². The smallest absolute Gasteiger partial charge is 0.351 e. The number of halogens is 3. The van der Waals surface area contributed by atoms with Gasteiger partial charge in [0.2, 0.25) is 0 Å². The number of benzene rings is 1. The molecule has 5 nitrogen and oxygen atoms in total. The maximum absolute atomic E-state index is 12.8. The maximum Gasteiger partial charge on any atom is 0.418 e. The minimum atomic E-state index is -4.54. The van der Waals surface area contributed by atoms with E-state index < -0.39 is 24.1 Å². The molecule has 0 radical (unpaired) electrons. The van der Waals surface area contributed by atoms with Crippen LogP contribution in [0.1, 0.15) is 19.4 Å². The predicted molar refractivity (Wildman–Crippen MR) is 75.5 cm³/mol. The minimum absolute atomic E-state index is 0.0295. The summed E-state index contributed by atoms with van der Waals surface area (Å²) in [6.45, 7) is 4.36. The van der Waals surface area contributed by atoms with E-state index in [0.29, 0.717) is 13.2 Å². The van der Waals surface area contributed by atoms with Gasteiger partial charge >= 0.3 is 12.2 Å². The first-order valence-corrected chi connectivity index (χ1v) is 6.82. The van der Waals surface area contributed by atoms with Gasteiger partial charge < -0.3 is 20.1 Å². The Kier molecular flexibility index (Phi) is 7.13. The molecule has 0 bridgehead atoms. The highest BCUT2D eigenvalue weighted by atomic mass is 19.4. The molecule has 0 atom stereocenters. The Labute approximate surface area is 126 Å². The quantitative estimate of drug-likeness (QED) is 0.758. The lowest BCUT2D eigenvalue weighted by Gasteiger charge is -2.18. The van der Waals surface area contributed by atoms with Gasteiger partial charge in [0.25, 0.3) is 0 Å². The van der Waals surface area contributed by atoms with Crippen LogP contribution in [0.2, 0.25) is 0 Å². The number of nitrogens with one attached hydrogen (secondary N) is 2. The Bertz CT molecular complexity index is 475. The molecule has 0 fully saturated rings. The fraction of sp³-hybridized carbons (Fsp3) is 0.500. The van der Waals surface area contributed by atoms with E-state index in [2.05, 4.69) is 10.6 Å². The Morgan fingerprint density at radius 2 is 1.77 bits per heavy atom. The zero-order chi connectivity index (χ0) is 16.6. The monoisotopic (exact) mass is 320 g/mol. The lowest BCUT2D eigenvalue weighted by atomic mass is 10.1. The van der Waals surface area contributed by atoms with E-state index in [9.17, 15) is 18.0 Å². The first kappa shape index (κ1) is 18.2. The van der Waals surface area contributed by atoms with Crippen molar-refractivity contribution in [1.82, 2.24) is 5.32 Å². The molecule has 1 rings (SSSR count). The van der Waals surface area contributed by atoms with Crippen LogP contribution in [0.15, 0.2) is 24.3 Å². The summed E-state index contributed by atoms with van der Waals surface area (Å²) >= 11 is 0. The van der Waals surface area contributed by atoms with Crippen LogP contribution in [-0.4, -0.2) is 32.1 Å². The SMILES string of the molecule is CCOC(CNC(=O)Nc1ccccc1C(F)(F)F)OCC. The molecular weight excluding hydrogens is 301 g/mol. The van der Waals surface area contributed by atoms with Gasteiger partial charge in [-0.2, -0.15) is 13.2 Å². The molecule has 124 valence electrons. The zero-order valence-electron chi connectivity index (χ0n) is 12.4. The highest BCUT2D eigenvalue weighted by Crippen LogP contribution is 2.34. The number of amides is 2. The number of hydrogen-bond donors (Lipinski definition) is 2. The Balaban J connectivity index is 2.62. The molecule has 8 heteroatoms. The van der Waals surface area contributed by atoms with Crippen molar-refractivity contribution < 1.29 is 27.4 Å². The summed E-state index contributed by atoms with van der Waals surface area (Å²) in [7, 11) is 0. The fourth-order valence-electron chi connectivity index (χ4n) is 1.72. The average molecular weight is 320 g/mol. The van der Waals surface area contributed by atoms with Gasteiger partial charge in [0.1, 0.15) is 0 Å². The van der Waals surface area contributed by atoms with Gasteiger partial charge in [0.15, 0.2) is 6.29 Å². The molecule has 0 unspecified atom stereocenters. The number of urea groups is 1. The summed E-state index contributed by atoms with van der Waals surface area (Å²) in [5.74, 6) is 0. The highest BCUT2D eigenvalue weighted by molar-refractivity contribution is 5.90. The molecule has 1 aromatic rings. The van der Waals surface area contributed by atoms with Crippen LogP contribution < -0.4 is 10.6 Å². The topological polar surface area (TPSA) is 59.6 Å². The third-order valence-corrected chi connectivity index (χ3v) is 2.62. The summed E-state index contributed by atoms with van der Waals surface area (Å²) < 4.78 is 48.8. The Morgan fingerprint density at radius 3 is 2.32 bits per heavy atom. The molecule has 0 saturated heterocycles. The largest absolute Gasteiger partial charge is 0.418 e. The summed E-state index contributed by atoms with van der Waals surface area (Å²) in [5, 5.41) is 4.59. The van der Waals surface area contributed by atoms with Gasteiger partial charge in [-0.3, -0.25) is 0 Å². The minimum Gasteiger partial charge on any atom is -0.351 e. The molecule has 0 aromatic heterocycles. The molecule has 1 aromatic carbocycles. The number of carbonyl (C=O) groups excluding carboxylic acids is 1. The summed E-state index contributed by atoms with van der Waals surface area (Å²) in [4.78, 5) is 11.7. The first-order chi connectivity index (χ1) is 10.4. The van der Waals surface area contributed by atoms with Crippen molar-refractivity contribution in [3.63, 3.8) is 0 Å². The van der Waals surface area contributed by atoms with Crippen molar-refractivity contribution >= 4 is 11.7 Å². The number of para-hydroxylation sites is 1. The van der Waals surface area contributed by atoms with Gasteiger partial charge in [-0.1, -0.05) is 12.1 Å². The molecule has 0 spiro atoms. The molecule has 22 heavy (non-hydrogen) atoms. The van der Waals surface area contributed by atoms with E-state index in [1.165, 1.54) is 18.2 Å². The normalized spacial score (nSPS) is 11.5. The number of rotatable bonds is 7. The predicted octanol–water partition coefficient (Wildman–Crippen LogP) is 3.23. The maximum atomic E-state index is 12.8. The van der Waals surface area contributed by atoms with E-state index in [1.54, 1.807) is 13.8 Å². The standard InChI is InChI=1S/C14H19F3N2O3/c1-3-21-12(22-4-2)9-18-13(20)19-11-8-6-5-7-10(11)14(15,16)17/h5-8,12H,3-4,9H2,1-2H3,(H2,18,19,20). The lowest BCUT2D eigenvalue weighted by Crippen LogP contribution is -2.38. The van der Waals surface area contributed by atoms with E-state index in [0.717, 1.165) is 6.07 Å². The van der Waals surface area contributed by atoms with Gasteiger partial charge in [0, 0.05) is 13.2 Å². The van der Waals surface area contributed by atoms with Crippen LogP contribution in [-0.2, 0) is 15.7 Å². The van der Waals surface area contributed by atoms with Gasteiger partial charge in [-0.05, 0) is 26.0 Å². The van der Waals surface area contributed by atoms with E-state index in [4.69, 9.17) is 9.47 Å². The molecule has 0 aliphatic rings. The zero-order valence-corrected chi connectivity index (χ0v) is 12.4. The number of ether oxygens (including phenoxy) is 2. The van der Waals surface area contributed by atoms with Crippen LogP contribution in [0.3, 0.4) is 0 Å². The van der Waals surface area contributed by atoms with Crippen LogP contribution in [0.5, 0.6) is 0 Å². The molecular formula is C14H19F3N2O3. The second kappa shape index (κ2) is 8.60. The van der Waals surface area contributed by atoms with Crippen LogP contribution in [0.4, 0.5) is 23.7 Å². The Hall–Kier alpha value is -1.80. The van der Waals surface area contributed by atoms with Gasteiger partial charge in [-0.25, -0.2) is 4.79 Å². The van der Waals surface area contributed by atoms with Crippen molar-refractivity contribution in [3.05, 3.63) is 29.8 Å². The molecule has 2 amide bonds. The third-order valence-electron chi connectivity index (χ3n) is 2.62. The van der Waals surface area contributed by atoms with E-state index >= 15 is 0 Å². The summed E-state index contributed by atoms with van der Waals surface area (Å²) in [6.07, 6.45) is -5.18. The van der Waals surface area contributed by atoms with Crippen molar-refractivity contribution in [2.24, 2.45) is 0 Å². The van der Waals surface area contributed by atoms with Gasteiger partial charge in [0.05, 0.1) is 17.8 Å². The lowest BCUT2D eigenvalue weighted by molar-refractivity contribution is -0.137. The second-order valence-electron chi connectivity index (χ2n) is 4.22. The number of carbonyl (C=O) groups is 1. The van der Waals surface area contributed by atoms with Crippen molar-refractivity contribution in [1.29, 1.82) is 0 Å². The number of alkyl halides is 3. The first-order valence-electron chi connectivity index (χ1n) is 6.82. The summed E-state index contributed by atoms with van der Waals surface area (Å²) in [6, 6.07) is 3.99. The third kappa shape index (κ3) is 5.90. The highest BCUT2D eigenvalue weighted by Gasteiger charge is 2.33. The molecule has 0 aliphatic heterocycles. The molecule has 0 heterocycles. The average Bonchev–Trinajstić information content (AvgIpc) is 2.45. The Morgan fingerprint density at radius 1 is 1.18 bits per heavy atom. The van der Waals surface area contributed by atoms with E-state index in [1.807, 2.05) is 0 Å². The van der Waals surface area contributed by atoms with Crippen LogP contribution >= 0.6 is 0 Å². The second-order valence-corrected chi connectivity index (χ2v) is 4.22. The van der Waals surface area contributed by atoms with Gasteiger partial charge in [-0.15, -0.1) is 0 Å². The van der Waals surface area contributed by atoms with E-state index in [-0.39, 0.29) is 12.2 Å². The van der Waals surface area contributed by atoms with Crippen LogP contribution in [0.25, 0.3) is 0 Å². The summed E-state index contributed by atoms with van der Waals surface area (Å²) in [5.41, 5.74) is -1.21. The van der Waals surface area contributed by atoms with Crippen molar-refractivity contribution in [2.45, 2.75) is 26.3 Å². The number of hydrogen-bond acceptors (Lipinski definition) is 3. The van der Waals surface area contributed by atoms with Crippen molar-refractivity contribution in [2.75, 3.05) is 25.1 Å². The molecule has 0 aliphatic carbocycles. The fourth-order valence-corrected chi connectivity index (χ4v) is 1.72.